The van der Waals surface area contributed by atoms with Gasteiger partial charge in [-0.3, -0.25) is 9.89 Å². The van der Waals surface area contributed by atoms with Gasteiger partial charge in [0.1, 0.15) is 11.6 Å². The average molecular weight is 380 g/mol. The molecule has 1 unspecified atom stereocenters. The molecule has 1 aromatic carbocycles. The molecule has 0 amide bonds. The van der Waals surface area contributed by atoms with E-state index in [9.17, 15) is 0 Å². The van der Waals surface area contributed by atoms with E-state index in [-0.39, 0.29) is 6.04 Å². The van der Waals surface area contributed by atoms with Crippen LogP contribution >= 0.6 is 0 Å². The molecule has 1 aliphatic rings. The Morgan fingerprint density at radius 3 is 2.71 bits per heavy atom. The molecule has 28 heavy (non-hydrogen) atoms. The summed E-state index contributed by atoms with van der Waals surface area (Å²) in [6, 6.07) is 12.4. The van der Waals surface area contributed by atoms with Crippen LogP contribution in [0.5, 0.6) is 0 Å². The zero-order valence-electron chi connectivity index (χ0n) is 16.6. The van der Waals surface area contributed by atoms with Gasteiger partial charge in [-0.05, 0) is 50.2 Å². The maximum Gasteiger partial charge on any atom is 0.191 e. The van der Waals surface area contributed by atoms with E-state index >= 15 is 0 Å². The lowest BCUT2D eigenvalue weighted by Crippen LogP contribution is -2.42. The molecule has 2 N–H and O–H groups in total. The third-order valence-electron chi connectivity index (χ3n) is 5.43. The van der Waals surface area contributed by atoms with Crippen LogP contribution in [-0.4, -0.2) is 47.1 Å². The van der Waals surface area contributed by atoms with E-state index in [1.54, 1.807) is 13.3 Å². The molecule has 0 aliphatic carbocycles. The molecule has 3 heterocycles. The second-order valence-electron chi connectivity index (χ2n) is 7.16. The quantitative estimate of drug-likeness (QED) is 0.508. The van der Waals surface area contributed by atoms with Crippen LogP contribution in [0.25, 0.3) is 11.0 Å². The van der Waals surface area contributed by atoms with Gasteiger partial charge in [0, 0.05) is 20.6 Å². The minimum Gasteiger partial charge on any atom is -0.468 e. The van der Waals surface area contributed by atoms with Crippen molar-refractivity contribution in [1.29, 1.82) is 0 Å². The molecular weight excluding hydrogens is 352 g/mol. The molecule has 0 spiro atoms. The van der Waals surface area contributed by atoms with Crippen LogP contribution in [0, 0.1) is 0 Å². The second-order valence-corrected chi connectivity index (χ2v) is 7.16. The van der Waals surface area contributed by atoms with Crippen molar-refractivity contribution in [3.05, 3.63) is 54.2 Å². The summed E-state index contributed by atoms with van der Waals surface area (Å²) >= 11 is 0. The SMILES string of the molecule is CN=C(NCc1nc2ccccc2n1C)NCC(c1ccco1)N1CCCC1. The molecule has 0 saturated carbocycles. The molecule has 1 aliphatic heterocycles. The molecule has 2 aromatic heterocycles. The van der Waals surface area contributed by atoms with Gasteiger partial charge in [0.2, 0.25) is 0 Å². The fourth-order valence-corrected chi connectivity index (χ4v) is 3.87. The number of para-hydroxylation sites is 2. The number of aliphatic imine (C=N–C) groups is 1. The van der Waals surface area contributed by atoms with Gasteiger partial charge in [-0.1, -0.05) is 12.1 Å². The molecule has 1 fully saturated rings. The summed E-state index contributed by atoms with van der Waals surface area (Å²) in [5.74, 6) is 2.74. The van der Waals surface area contributed by atoms with Gasteiger partial charge in [0.05, 0.1) is 29.9 Å². The number of rotatable bonds is 6. The standard InChI is InChI=1S/C21H28N6O/c1-22-21(24-15-20-25-16-8-3-4-9-17(16)26(20)2)23-14-18(19-10-7-13-28-19)27-11-5-6-12-27/h3-4,7-10,13,18H,5-6,11-12,14-15H2,1-2H3,(H2,22,23,24). The monoisotopic (exact) mass is 380 g/mol. The van der Waals surface area contributed by atoms with Crippen molar-refractivity contribution in [2.45, 2.75) is 25.4 Å². The summed E-state index contributed by atoms with van der Waals surface area (Å²) in [5.41, 5.74) is 2.14. The smallest absolute Gasteiger partial charge is 0.191 e. The van der Waals surface area contributed by atoms with Crippen molar-refractivity contribution in [2.75, 3.05) is 26.7 Å². The van der Waals surface area contributed by atoms with E-state index in [0.717, 1.165) is 48.2 Å². The number of imidazole rings is 1. The van der Waals surface area contributed by atoms with Crippen molar-refractivity contribution < 1.29 is 4.42 Å². The van der Waals surface area contributed by atoms with Crippen LogP contribution in [0.15, 0.2) is 52.1 Å². The Kier molecular flexibility index (Phi) is 5.62. The number of furan rings is 1. The van der Waals surface area contributed by atoms with E-state index in [4.69, 9.17) is 9.40 Å². The van der Waals surface area contributed by atoms with Gasteiger partial charge in [-0.2, -0.15) is 0 Å². The van der Waals surface area contributed by atoms with Crippen molar-refractivity contribution >= 4 is 17.0 Å². The molecule has 7 heteroatoms. The number of fused-ring (bicyclic) bond motifs is 1. The van der Waals surface area contributed by atoms with Crippen LogP contribution in [0.4, 0.5) is 0 Å². The first-order valence-corrected chi connectivity index (χ1v) is 9.88. The van der Waals surface area contributed by atoms with Gasteiger partial charge in [-0.15, -0.1) is 0 Å². The van der Waals surface area contributed by atoms with E-state index in [1.807, 2.05) is 31.3 Å². The largest absolute Gasteiger partial charge is 0.468 e. The zero-order valence-corrected chi connectivity index (χ0v) is 16.6. The molecule has 1 saturated heterocycles. The van der Waals surface area contributed by atoms with Crippen LogP contribution in [-0.2, 0) is 13.6 Å². The highest BCUT2D eigenvalue weighted by atomic mass is 16.3. The molecule has 1 atom stereocenters. The third kappa shape index (κ3) is 3.89. The second kappa shape index (κ2) is 8.48. The van der Waals surface area contributed by atoms with Gasteiger partial charge in [-0.25, -0.2) is 4.98 Å². The molecule has 0 bridgehead atoms. The summed E-state index contributed by atoms with van der Waals surface area (Å²) in [6.07, 6.45) is 4.24. The van der Waals surface area contributed by atoms with E-state index in [1.165, 1.54) is 12.8 Å². The summed E-state index contributed by atoms with van der Waals surface area (Å²) < 4.78 is 7.81. The highest BCUT2D eigenvalue weighted by molar-refractivity contribution is 5.80. The van der Waals surface area contributed by atoms with E-state index in [2.05, 4.69) is 37.2 Å². The number of hydrogen-bond donors (Lipinski definition) is 2. The van der Waals surface area contributed by atoms with Crippen LogP contribution in [0.1, 0.15) is 30.5 Å². The first kappa shape index (κ1) is 18.6. The molecule has 0 radical (unpaired) electrons. The van der Waals surface area contributed by atoms with E-state index in [0.29, 0.717) is 6.54 Å². The van der Waals surface area contributed by atoms with Gasteiger partial charge in [0.15, 0.2) is 5.96 Å². The predicted octanol–water partition coefficient (Wildman–Crippen LogP) is 2.67. The number of likely N-dealkylation sites (tertiary alicyclic amines) is 1. The lowest BCUT2D eigenvalue weighted by atomic mass is 10.2. The summed E-state index contributed by atoms with van der Waals surface area (Å²) in [7, 11) is 3.84. The van der Waals surface area contributed by atoms with Gasteiger partial charge in [0.25, 0.3) is 0 Å². The highest BCUT2D eigenvalue weighted by Gasteiger charge is 2.25. The number of hydrogen-bond acceptors (Lipinski definition) is 4. The number of benzene rings is 1. The van der Waals surface area contributed by atoms with Crippen molar-refractivity contribution in [2.24, 2.45) is 12.0 Å². The van der Waals surface area contributed by atoms with Gasteiger partial charge >= 0.3 is 0 Å². The Labute approximate surface area is 165 Å². The van der Waals surface area contributed by atoms with Crippen LogP contribution < -0.4 is 10.6 Å². The van der Waals surface area contributed by atoms with E-state index < -0.39 is 0 Å². The molecule has 4 rings (SSSR count). The molecular formula is C21H28N6O. The topological polar surface area (TPSA) is 70.6 Å². The van der Waals surface area contributed by atoms with Crippen molar-refractivity contribution in [3.8, 4) is 0 Å². The summed E-state index contributed by atoms with van der Waals surface area (Å²) in [5, 5.41) is 6.84. The predicted molar refractivity (Wildman–Crippen MR) is 111 cm³/mol. The summed E-state index contributed by atoms with van der Waals surface area (Å²) in [4.78, 5) is 11.6. The Morgan fingerprint density at radius 1 is 1.18 bits per heavy atom. The number of aromatic nitrogens is 2. The molecule has 148 valence electrons. The normalized spacial score (nSPS) is 16.6. The maximum atomic E-state index is 5.70. The number of aryl methyl sites for hydroxylation is 1. The number of guanidine groups is 1. The highest BCUT2D eigenvalue weighted by Crippen LogP contribution is 2.24. The molecule has 3 aromatic rings. The van der Waals surface area contributed by atoms with Crippen molar-refractivity contribution in [3.63, 3.8) is 0 Å². The first-order chi connectivity index (χ1) is 13.8. The lowest BCUT2D eigenvalue weighted by molar-refractivity contribution is 0.215. The zero-order chi connectivity index (χ0) is 19.3. The van der Waals surface area contributed by atoms with Crippen LogP contribution in [0.3, 0.4) is 0 Å². The Bertz CT molecular complexity index is 924. The Hall–Kier alpha value is -2.80. The van der Waals surface area contributed by atoms with Crippen molar-refractivity contribution in [1.82, 2.24) is 25.1 Å². The maximum absolute atomic E-state index is 5.70. The summed E-state index contributed by atoms with van der Waals surface area (Å²) in [6.45, 7) is 3.58. The third-order valence-corrected chi connectivity index (χ3v) is 5.43. The Balaban J connectivity index is 1.39. The fraction of sp³-hybridized carbons (Fsp3) is 0.429. The van der Waals surface area contributed by atoms with Crippen LogP contribution in [0.2, 0.25) is 0 Å². The lowest BCUT2D eigenvalue weighted by Gasteiger charge is -2.26. The Morgan fingerprint density at radius 2 is 2.00 bits per heavy atom. The average Bonchev–Trinajstić information content (AvgIpc) is 3.48. The number of nitrogens with zero attached hydrogens (tertiary/aromatic N) is 4. The minimum atomic E-state index is 0.215. The fourth-order valence-electron chi connectivity index (χ4n) is 3.87. The van der Waals surface area contributed by atoms with Gasteiger partial charge < -0.3 is 19.6 Å². The molecule has 7 nitrogen and oxygen atoms in total. The number of nitrogens with one attached hydrogen (secondary N) is 2. The first-order valence-electron chi connectivity index (χ1n) is 9.88. The minimum absolute atomic E-state index is 0.215.